The summed E-state index contributed by atoms with van der Waals surface area (Å²) in [6.07, 6.45) is -1.66. The number of aromatic nitrogens is 4. The van der Waals surface area contributed by atoms with Crippen LogP contribution in [-0.4, -0.2) is 32.7 Å². The summed E-state index contributed by atoms with van der Waals surface area (Å²) in [5.74, 6) is 0.255. The van der Waals surface area contributed by atoms with E-state index in [1.807, 2.05) is 31.2 Å². The highest BCUT2D eigenvalue weighted by Gasteiger charge is 2.27. The smallest absolute Gasteiger partial charge is 0.345 e. The number of alkyl halides is 3. The first-order valence-electron chi connectivity index (χ1n) is 7.03. The van der Waals surface area contributed by atoms with E-state index >= 15 is 0 Å². The summed E-state index contributed by atoms with van der Waals surface area (Å²) in [6, 6.07) is 7.60. The van der Waals surface area contributed by atoms with E-state index in [9.17, 15) is 13.2 Å². The fraction of sp³-hybridized carbons (Fsp3) is 0.200. The van der Waals surface area contributed by atoms with Gasteiger partial charge in [0.25, 0.3) is 0 Å². The van der Waals surface area contributed by atoms with Crippen molar-refractivity contribution in [1.82, 2.24) is 19.9 Å². The number of nitrogens with zero attached hydrogens (tertiary/aromatic N) is 4. The van der Waals surface area contributed by atoms with Crippen LogP contribution in [0.3, 0.4) is 0 Å². The van der Waals surface area contributed by atoms with Crippen LogP contribution in [0.5, 0.6) is 0 Å². The van der Waals surface area contributed by atoms with Crippen molar-refractivity contribution in [3.05, 3.63) is 42.4 Å². The van der Waals surface area contributed by atoms with E-state index in [1.54, 1.807) is 0 Å². The van der Waals surface area contributed by atoms with Gasteiger partial charge in [-0.2, -0.15) is 13.2 Å². The summed E-state index contributed by atoms with van der Waals surface area (Å²) in [4.78, 5) is 16.1. The lowest BCUT2D eigenvalue weighted by Crippen LogP contribution is -2.22. The minimum Gasteiger partial charge on any atom is -0.345 e. The minimum atomic E-state index is -4.35. The molecule has 0 aliphatic carbocycles. The van der Waals surface area contributed by atoms with Crippen molar-refractivity contribution in [3.63, 3.8) is 0 Å². The Morgan fingerprint density at radius 1 is 1.12 bits per heavy atom. The van der Waals surface area contributed by atoms with Crippen molar-refractivity contribution in [2.75, 3.05) is 17.2 Å². The van der Waals surface area contributed by atoms with Crippen LogP contribution in [0.4, 0.5) is 30.6 Å². The Kier molecular flexibility index (Phi) is 4.15. The molecule has 0 bridgehead atoms. The first kappa shape index (κ1) is 15.9. The third kappa shape index (κ3) is 3.86. The molecule has 124 valence electrons. The average molecular weight is 334 g/mol. The molecule has 0 saturated carbocycles. The van der Waals surface area contributed by atoms with Gasteiger partial charge in [0, 0.05) is 5.69 Å². The van der Waals surface area contributed by atoms with Gasteiger partial charge in [0.15, 0.2) is 5.82 Å². The minimum absolute atomic E-state index is 0.137. The molecule has 24 heavy (non-hydrogen) atoms. The average Bonchev–Trinajstić information content (AvgIpc) is 2.53. The number of fused-ring (bicyclic) bond motifs is 1. The highest BCUT2D eigenvalue weighted by molar-refractivity contribution is 5.87. The molecule has 0 spiro atoms. The summed E-state index contributed by atoms with van der Waals surface area (Å²) in [7, 11) is 0. The Morgan fingerprint density at radius 3 is 2.71 bits per heavy atom. The lowest BCUT2D eigenvalue weighted by atomic mass is 10.2. The second kappa shape index (κ2) is 6.26. The normalized spacial score (nSPS) is 11.5. The lowest BCUT2D eigenvalue weighted by molar-refractivity contribution is -0.115. The van der Waals surface area contributed by atoms with E-state index in [0.717, 1.165) is 11.3 Å². The number of halogens is 3. The van der Waals surface area contributed by atoms with Gasteiger partial charge < -0.3 is 10.6 Å². The van der Waals surface area contributed by atoms with Gasteiger partial charge in [0.1, 0.15) is 23.9 Å². The maximum Gasteiger partial charge on any atom is 0.405 e. The molecule has 3 rings (SSSR count). The molecule has 6 nitrogen and oxygen atoms in total. The van der Waals surface area contributed by atoms with E-state index in [2.05, 4.69) is 30.6 Å². The van der Waals surface area contributed by atoms with Gasteiger partial charge >= 0.3 is 6.18 Å². The molecule has 0 unspecified atom stereocenters. The third-order valence-corrected chi connectivity index (χ3v) is 3.11. The van der Waals surface area contributed by atoms with Crippen LogP contribution in [0.25, 0.3) is 11.0 Å². The Balaban J connectivity index is 1.92. The molecule has 3 aromatic rings. The molecule has 0 radical (unpaired) electrons. The molecule has 0 fully saturated rings. The van der Waals surface area contributed by atoms with Gasteiger partial charge in [0.05, 0.1) is 6.20 Å². The molecule has 2 N–H and O–H groups in total. The van der Waals surface area contributed by atoms with Crippen LogP contribution in [0.15, 0.2) is 36.8 Å². The van der Waals surface area contributed by atoms with Gasteiger partial charge in [-0.15, -0.1) is 0 Å². The Hall–Kier alpha value is -2.97. The molecule has 0 saturated heterocycles. The van der Waals surface area contributed by atoms with E-state index in [4.69, 9.17) is 0 Å². The quantitative estimate of drug-likeness (QED) is 0.761. The molecule has 0 aliphatic heterocycles. The van der Waals surface area contributed by atoms with Crippen molar-refractivity contribution in [3.8, 4) is 0 Å². The molecule has 0 aliphatic rings. The molecule has 9 heteroatoms. The topological polar surface area (TPSA) is 75.6 Å². The molecule has 0 atom stereocenters. The first-order valence-corrected chi connectivity index (χ1v) is 7.03. The van der Waals surface area contributed by atoms with Crippen molar-refractivity contribution in [1.29, 1.82) is 0 Å². The maximum atomic E-state index is 12.3. The van der Waals surface area contributed by atoms with Gasteiger partial charge in [-0.1, -0.05) is 12.1 Å². The number of benzene rings is 1. The molecule has 1 aromatic carbocycles. The number of rotatable bonds is 4. The summed E-state index contributed by atoms with van der Waals surface area (Å²) in [5, 5.41) is 5.24. The number of nitrogens with one attached hydrogen (secondary N) is 2. The van der Waals surface area contributed by atoms with Crippen LogP contribution in [0.1, 0.15) is 5.56 Å². The number of hydrogen-bond acceptors (Lipinski definition) is 6. The van der Waals surface area contributed by atoms with E-state index in [1.165, 1.54) is 12.5 Å². The number of anilines is 3. The molecular formula is C15H13F3N6. The van der Waals surface area contributed by atoms with Crippen molar-refractivity contribution < 1.29 is 13.2 Å². The lowest BCUT2D eigenvalue weighted by Gasteiger charge is -2.10. The predicted molar refractivity (Wildman–Crippen MR) is 84.1 cm³/mol. The Morgan fingerprint density at radius 2 is 1.96 bits per heavy atom. The number of aryl methyl sites for hydroxylation is 1. The van der Waals surface area contributed by atoms with Crippen LogP contribution < -0.4 is 10.6 Å². The van der Waals surface area contributed by atoms with E-state index in [0.29, 0.717) is 16.9 Å². The largest absolute Gasteiger partial charge is 0.405 e. The monoisotopic (exact) mass is 334 g/mol. The van der Waals surface area contributed by atoms with Crippen LogP contribution in [0.2, 0.25) is 0 Å². The van der Waals surface area contributed by atoms with Gasteiger partial charge in [-0.3, -0.25) is 0 Å². The Labute approximate surface area is 135 Å². The molecule has 2 heterocycles. The van der Waals surface area contributed by atoms with Crippen molar-refractivity contribution in [2.45, 2.75) is 13.1 Å². The Bertz CT molecular complexity index is 865. The highest BCUT2D eigenvalue weighted by atomic mass is 19.4. The maximum absolute atomic E-state index is 12.3. The van der Waals surface area contributed by atoms with Gasteiger partial charge in [0.2, 0.25) is 5.95 Å². The van der Waals surface area contributed by atoms with Crippen LogP contribution in [-0.2, 0) is 0 Å². The second-order valence-corrected chi connectivity index (χ2v) is 5.11. The second-order valence-electron chi connectivity index (χ2n) is 5.11. The predicted octanol–water partition coefficient (Wildman–Crippen LogP) is 3.45. The standard InChI is InChI=1S/C15H13F3N6/c1-9-3-2-4-10(5-9)23-13-12-11(21-8-22-13)6-19-14(24-12)20-7-15(16,17)18/h2-6,8H,7H2,1H3,(H,19,20,24)(H,21,22,23). The zero-order valence-electron chi connectivity index (χ0n) is 12.6. The summed E-state index contributed by atoms with van der Waals surface area (Å²) in [6.45, 7) is 0.734. The molecular weight excluding hydrogens is 321 g/mol. The molecule has 0 amide bonds. The van der Waals surface area contributed by atoms with Crippen molar-refractivity contribution >= 4 is 28.5 Å². The summed E-state index contributed by atoms with van der Waals surface area (Å²) < 4.78 is 36.9. The highest BCUT2D eigenvalue weighted by Crippen LogP contribution is 2.23. The van der Waals surface area contributed by atoms with E-state index in [-0.39, 0.29) is 5.95 Å². The molecule has 2 aromatic heterocycles. The zero-order chi connectivity index (χ0) is 17.2. The number of hydrogen-bond donors (Lipinski definition) is 2. The summed E-state index contributed by atoms with van der Waals surface area (Å²) in [5.41, 5.74) is 2.61. The van der Waals surface area contributed by atoms with Crippen LogP contribution in [0, 0.1) is 6.92 Å². The SMILES string of the molecule is Cc1cccc(Nc2ncnc3cnc(NCC(F)(F)F)nc23)c1. The first-order chi connectivity index (χ1) is 11.4. The van der Waals surface area contributed by atoms with E-state index < -0.39 is 12.7 Å². The fourth-order valence-electron chi connectivity index (χ4n) is 2.07. The third-order valence-electron chi connectivity index (χ3n) is 3.11. The zero-order valence-corrected chi connectivity index (χ0v) is 12.6. The van der Waals surface area contributed by atoms with Crippen molar-refractivity contribution in [2.24, 2.45) is 0 Å². The van der Waals surface area contributed by atoms with Gasteiger partial charge in [-0.25, -0.2) is 19.9 Å². The fourth-order valence-corrected chi connectivity index (χ4v) is 2.07. The van der Waals surface area contributed by atoms with Crippen LogP contribution >= 0.6 is 0 Å². The van der Waals surface area contributed by atoms with Gasteiger partial charge in [-0.05, 0) is 24.6 Å². The summed E-state index contributed by atoms with van der Waals surface area (Å²) >= 11 is 0.